The third-order valence-corrected chi connectivity index (χ3v) is 6.49. The lowest BCUT2D eigenvalue weighted by Gasteiger charge is -2.48. The van der Waals surface area contributed by atoms with Gasteiger partial charge >= 0.3 is 0 Å². The maximum Gasteiger partial charge on any atom is 0.140 e. The van der Waals surface area contributed by atoms with Crippen molar-refractivity contribution >= 4 is 8.07 Å². The molecule has 0 unspecified atom stereocenters. The first-order chi connectivity index (χ1) is 10.4. The minimum absolute atomic E-state index is 0.484. The van der Waals surface area contributed by atoms with E-state index in [1.807, 2.05) is 0 Å². The predicted octanol–water partition coefficient (Wildman–Crippen LogP) is 4.66. The summed E-state index contributed by atoms with van der Waals surface area (Å²) in [5, 5.41) is 0. The van der Waals surface area contributed by atoms with E-state index in [1.165, 1.54) is 24.7 Å². The molecule has 22 heavy (non-hydrogen) atoms. The van der Waals surface area contributed by atoms with Crippen LogP contribution in [0.2, 0.25) is 19.6 Å². The second-order valence-electron chi connectivity index (χ2n) is 8.18. The minimum Gasteiger partial charge on any atom is -0.319 e. The summed E-state index contributed by atoms with van der Waals surface area (Å²) in [5.74, 6) is 0. The third-order valence-electron chi connectivity index (χ3n) is 4.82. The highest BCUT2D eigenvalue weighted by atomic mass is 28.3. The second kappa shape index (κ2) is 5.67. The van der Waals surface area contributed by atoms with Gasteiger partial charge < -0.3 is 4.48 Å². The molecule has 2 atom stereocenters. The van der Waals surface area contributed by atoms with Crippen LogP contribution in [0.4, 0.5) is 0 Å². The van der Waals surface area contributed by atoms with Crippen LogP contribution in [0.1, 0.15) is 22.7 Å². The van der Waals surface area contributed by atoms with Gasteiger partial charge in [0, 0.05) is 17.5 Å². The molecule has 0 radical (unpaired) electrons. The number of rotatable bonds is 3. The smallest absolute Gasteiger partial charge is 0.140 e. The summed E-state index contributed by atoms with van der Waals surface area (Å²) in [6.45, 7) is 8.75. The minimum atomic E-state index is -1.14. The van der Waals surface area contributed by atoms with Crippen molar-refractivity contribution in [2.24, 2.45) is 0 Å². The molecule has 0 N–H and O–H groups in total. The Bertz CT molecular complexity index is 644. The second-order valence-corrected chi connectivity index (χ2v) is 13.6. The summed E-state index contributed by atoms with van der Waals surface area (Å²) >= 11 is 0. The summed E-state index contributed by atoms with van der Waals surface area (Å²) in [4.78, 5) is 0. The van der Waals surface area contributed by atoms with Gasteiger partial charge in [-0.05, 0) is 5.56 Å². The predicted molar refractivity (Wildman–Crippen MR) is 97.7 cm³/mol. The molecule has 1 aliphatic heterocycles. The van der Waals surface area contributed by atoms with E-state index in [2.05, 4.69) is 81.3 Å². The molecular weight excluding hydrogens is 282 g/mol. The topological polar surface area (TPSA) is 0 Å². The summed E-state index contributed by atoms with van der Waals surface area (Å²) in [5.41, 5.74) is 4.55. The van der Waals surface area contributed by atoms with Gasteiger partial charge in [-0.3, -0.25) is 0 Å². The Morgan fingerprint density at radius 2 is 1.59 bits per heavy atom. The number of benzene rings is 2. The normalized spacial score (nSPS) is 24.8. The van der Waals surface area contributed by atoms with Crippen molar-refractivity contribution in [2.45, 2.75) is 32.1 Å². The van der Waals surface area contributed by atoms with Crippen LogP contribution in [0.5, 0.6) is 0 Å². The molecule has 0 amide bonds. The lowest BCUT2D eigenvalue weighted by atomic mass is 9.87. The molecule has 1 nitrogen and oxygen atoms in total. The van der Waals surface area contributed by atoms with Crippen LogP contribution < -0.4 is 0 Å². The van der Waals surface area contributed by atoms with Gasteiger partial charge in [-0.25, -0.2) is 0 Å². The van der Waals surface area contributed by atoms with Crippen molar-refractivity contribution in [3.8, 4) is 0 Å². The lowest BCUT2D eigenvalue weighted by Crippen LogP contribution is -2.58. The molecule has 2 heteroatoms. The van der Waals surface area contributed by atoms with Gasteiger partial charge in [-0.1, -0.05) is 74.2 Å². The van der Waals surface area contributed by atoms with Crippen LogP contribution in [0.3, 0.4) is 0 Å². The zero-order valence-corrected chi connectivity index (χ0v) is 15.3. The van der Waals surface area contributed by atoms with E-state index in [9.17, 15) is 0 Å². The lowest BCUT2D eigenvalue weighted by molar-refractivity contribution is -0.926. The molecule has 1 aliphatic rings. The number of quaternary nitrogens is 1. The number of nitrogens with zero attached hydrogens (tertiary/aromatic N) is 1. The summed E-state index contributed by atoms with van der Waals surface area (Å²) in [6, 6.07) is 20.7. The first-order valence-electron chi connectivity index (χ1n) is 8.36. The quantitative estimate of drug-likeness (QED) is 0.571. The average molecular weight is 311 g/mol. The molecule has 3 rings (SSSR count). The Morgan fingerprint density at radius 3 is 2.27 bits per heavy atom. The SMILES string of the molecule is C[N@@+]1(C[Si](C)(C)C)CCc2ccccc2[C@@H]1c1ccccc1. The van der Waals surface area contributed by atoms with Crippen molar-refractivity contribution in [2.75, 3.05) is 19.8 Å². The standard InChI is InChI=1S/C20H28NSi/c1-21(16-22(2,3)4)15-14-17-10-8-9-13-19(17)20(21)18-11-6-5-7-12-18/h5-13,20H,14-16H2,1-4H3/q+1/t20-,21-/m0/s1. The van der Waals surface area contributed by atoms with E-state index in [0.29, 0.717) is 6.04 Å². The molecule has 0 fully saturated rings. The van der Waals surface area contributed by atoms with Crippen molar-refractivity contribution in [1.82, 2.24) is 0 Å². The van der Waals surface area contributed by atoms with Crippen LogP contribution in [0.25, 0.3) is 0 Å². The van der Waals surface area contributed by atoms with Crippen LogP contribution >= 0.6 is 0 Å². The average Bonchev–Trinajstić information content (AvgIpc) is 2.46. The van der Waals surface area contributed by atoms with Crippen LogP contribution in [0.15, 0.2) is 54.6 Å². The maximum atomic E-state index is 2.50. The number of likely N-dealkylation sites (N-methyl/N-ethyl adjacent to an activating group) is 1. The van der Waals surface area contributed by atoms with Crippen LogP contribution in [-0.4, -0.2) is 32.3 Å². The molecular formula is C20H28NSi+. The fourth-order valence-corrected chi connectivity index (χ4v) is 6.81. The van der Waals surface area contributed by atoms with Gasteiger partial charge in [0.25, 0.3) is 0 Å². The summed E-state index contributed by atoms with van der Waals surface area (Å²) in [6.07, 6.45) is 2.54. The molecule has 0 saturated carbocycles. The van der Waals surface area contributed by atoms with Crippen molar-refractivity contribution < 1.29 is 4.48 Å². The molecule has 0 aliphatic carbocycles. The van der Waals surface area contributed by atoms with Crippen LogP contribution in [-0.2, 0) is 6.42 Å². The van der Waals surface area contributed by atoms with Gasteiger partial charge in [-0.2, -0.15) is 0 Å². The molecule has 0 aromatic heterocycles. The van der Waals surface area contributed by atoms with Crippen LogP contribution in [0, 0.1) is 0 Å². The van der Waals surface area contributed by atoms with Crippen molar-refractivity contribution in [3.63, 3.8) is 0 Å². The van der Waals surface area contributed by atoms with Gasteiger partial charge in [0.2, 0.25) is 0 Å². The van der Waals surface area contributed by atoms with E-state index < -0.39 is 8.07 Å². The highest BCUT2D eigenvalue weighted by molar-refractivity contribution is 6.76. The zero-order valence-electron chi connectivity index (χ0n) is 14.3. The van der Waals surface area contributed by atoms with E-state index in [4.69, 9.17) is 0 Å². The van der Waals surface area contributed by atoms with Gasteiger partial charge in [0.15, 0.2) is 0 Å². The largest absolute Gasteiger partial charge is 0.319 e. The Hall–Kier alpha value is -1.38. The first-order valence-corrected chi connectivity index (χ1v) is 12.1. The van der Waals surface area contributed by atoms with Crippen molar-refractivity contribution in [3.05, 3.63) is 71.3 Å². The fraction of sp³-hybridized carbons (Fsp3) is 0.400. The maximum absolute atomic E-state index is 2.50. The monoisotopic (exact) mass is 310 g/mol. The number of hydrogen-bond donors (Lipinski definition) is 0. The first kappa shape index (κ1) is 15.5. The number of fused-ring (bicyclic) bond motifs is 1. The molecule has 0 spiro atoms. The van der Waals surface area contributed by atoms with Crippen molar-refractivity contribution in [1.29, 1.82) is 0 Å². The highest BCUT2D eigenvalue weighted by Crippen LogP contribution is 2.40. The molecule has 2 aromatic rings. The molecule has 0 saturated heterocycles. The van der Waals surface area contributed by atoms with E-state index in [1.54, 1.807) is 11.1 Å². The van der Waals surface area contributed by atoms with E-state index in [0.717, 1.165) is 4.48 Å². The van der Waals surface area contributed by atoms with Gasteiger partial charge in [-0.15, -0.1) is 0 Å². The molecule has 116 valence electrons. The van der Waals surface area contributed by atoms with Gasteiger partial charge in [0.1, 0.15) is 14.1 Å². The Balaban J connectivity index is 2.12. The fourth-order valence-electron chi connectivity index (χ4n) is 4.30. The summed E-state index contributed by atoms with van der Waals surface area (Å²) < 4.78 is 1.16. The summed E-state index contributed by atoms with van der Waals surface area (Å²) in [7, 11) is 1.34. The molecule has 1 heterocycles. The third kappa shape index (κ3) is 3.04. The highest BCUT2D eigenvalue weighted by Gasteiger charge is 2.42. The Morgan fingerprint density at radius 1 is 0.955 bits per heavy atom. The number of hydrogen-bond acceptors (Lipinski definition) is 0. The Kier molecular flexibility index (Phi) is 4.00. The Labute approximate surface area is 136 Å². The zero-order chi connectivity index (χ0) is 15.8. The van der Waals surface area contributed by atoms with E-state index >= 15 is 0 Å². The van der Waals surface area contributed by atoms with Gasteiger partial charge in [0.05, 0.1) is 19.8 Å². The van der Waals surface area contributed by atoms with E-state index in [-0.39, 0.29) is 0 Å². The molecule has 2 aromatic carbocycles. The molecule has 0 bridgehead atoms.